The molecule has 1 saturated carbocycles. The van der Waals surface area contributed by atoms with E-state index < -0.39 is 5.67 Å². The number of ether oxygens (including phenoxy) is 1. The molecule has 1 aromatic carbocycles. The number of nitrogens with one attached hydrogen (secondary N) is 3. The summed E-state index contributed by atoms with van der Waals surface area (Å²) in [5.74, 6) is 1.57. The third-order valence-electron chi connectivity index (χ3n) is 5.65. The zero-order valence-corrected chi connectivity index (χ0v) is 15.9. The summed E-state index contributed by atoms with van der Waals surface area (Å²) in [6.45, 7) is 1.78. The number of amides is 1. The van der Waals surface area contributed by atoms with Gasteiger partial charge in [-0.3, -0.25) is 4.79 Å². The Labute approximate surface area is 167 Å². The van der Waals surface area contributed by atoms with Gasteiger partial charge >= 0.3 is 0 Å². The van der Waals surface area contributed by atoms with E-state index in [1.165, 1.54) is 0 Å². The first-order chi connectivity index (χ1) is 14.1. The Bertz CT molecular complexity index is 1000. The molecule has 1 aliphatic carbocycles. The lowest BCUT2D eigenvalue weighted by atomic mass is 9.82. The fourth-order valence-electron chi connectivity index (χ4n) is 3.82. The molecular weight excluding hydrogens is 373 g/mol. The molecule has 3 heterocycles. The highest BCUT2D eigenvalue weighted by molar-refractivity contribution is 5.98. The predicted molar refractivity (Wildman–Crippen MR) is 108 cm³/mol. The molecular formula is C21H22FN5O2. The zero-order valence-electron chi connectivity index (χ0n) is 15.9. The molecule has 3 N–H and O–H groups in total. The summed E-state index contributed by atoms with van der Waals surface area (Å²) in [6, 6.07) is 5.57. The van der Waals surface area contributed by atoms with Crippen LogP contribution < -0.4 is 20.7 Å². The van der Waals surface area contributed by atoms with Crippen LogP contribution >= 0.6 is 0 Å². The molecule has 2 aromatic rings. The van der Waals surface area contributed by atoms with Gasteiger partial charge in [-0.2, -0.15) is 4.98 Å². The van der Waals surface area contributed by atoms with Gasteiger partial charge in [-0.15, -0.1) is 0 Å². The molecule has 1 fully saturated rings. The van der Waals surface area contributed by atoms with Crippen molar-refractivity contribution in [2.75, 3.05) is 36.9 Å². The largest absolute Gasteiger partial charge is 0.491 e. The van der Waals surface area contributed by atoms with Crippen molar-refractivity contribution in [2.45, 2.75) is 24.9 Å². The number of fused-ring (bicyclic) bond motifs is 2. The molecule has 1 amide bonds. The van der Waals surface area contributed by atoms with E-state index >= 15 is 0 Å². The van der Waals surface area contributed by atoms with E-state index in [-0.39, 0.29) is 12.5 Å². The minimum Gasteiger partial charge on any atom is -0.491 e. The van der Waals surface area contributed by atoms with Gasteiger partial charge < -0.3 is 20.7 Å². The van der Waals surface area contributed by atoms with Crippen LogP contribution in [0.15, 0.2) is 30.5 Å². The van der Waals surface area contributed by atoms with Crippen molar-refractivity contribution < 1.29 is 13.9 Å². The fourth-order valence-corrected chi connectivity index (χ4v) is 3.82. The Balaban J connectivity index is 1.41. The van der Waals surface area contributed by atoms with Crippen molar-refractivity contribution >= 4 is 23.2 Å². The molecule has 1 aromatic heterocycles. The summed E-state index contributed by atoms with van der Waals surface area (Å²) in [5, 5.41) is 9.08. The number of hydrogen-bond donors (Lipinski definition) is 3. The van der Waals surface area contributed by atoms with Crippen LogP contribution in [0.25, 0.3) is 5.57 Å². The lowest BCUT2D eigenvalue weighted by molar-refractivity contribution is 0.0782. The number of nitrogens with zero attached hydrogens (tertiary/aromatic N) is 2. The highest BCUT2D eigenvalue weighted by Crippen LogP contribution is 2.36. The molecule has 8 heteroatoms. The smallest absolute Gasteiger partial charge is 0.255 e. The van der Waals surface area contributed by atoms with E-state index in [4.69, 9.17) is 4.74 Å². The Morgan fingerprint density at radius 3 is 2.97 bits per heavy atom. The Morgan fingerprint density at radius 1 is 1.24 bits per heavy atom. The van der Waals surface area contributed by atoms with E-state index in [9.17, 15) is 9.18 Å². The molecule has 0 radical (unpaired) electrons. The van der Waals surface area contributed by atoms with Crippen LogP contribution in [-0.4, -0.2) is 47.8 Å². The number of carbonyl (C=O) groups excluding carboxylic acids is 1. The summed E-state index contributed by atoms with van der Waals surface area (Å²) in [5.41, 5.74) is 2.17. The van der Waals surface area contributed by atoms with Gasteiger partial charge in [-0.05, 0) is 42.5 Å². The Kier molecular flexibility index (Phi) is 4.34. The maximum absolute atomic E-state index is 14.2. The topological polar surface area (TPSA) is 88.2 Å². The molecule has 2 aliphatic heterocycles. The molecule has 0 atom stereocenters. The maximum Gasteiger partial charge on any atom is 0.255 e. The standard InChI is InChI=1S/C21H22FN5O2/c22-21(5-1-6-21)12-26-20-25-11-16-14(4-7-23-18(16)27-20)13-2-3-15-17(10-13)29-9-8-24-19(15)28/h2-4,10-11H,1,5-9,12H2,(H,24,28)(H2,23,25,26,27). The SMILES string of the molecule is O=C1NCCOc2cc(C3=CCNc4nc(NCC5(F)CCC5)ncc43)ccc21. The van der Waals surface area contributed by atoms with Crippen molar-refractivity contribution in [2.24, 2.45) is 0 Å². The predicted octanol–water partition coefficient (Wildman–Crippen LogP) is 2.76. The van der Waals surface area contributed by atoms with Crippen LogP contribution in [-0.2, 0) is 0 Å². The summed E-state index contributed by atoms with van der Waals surface area (Å²) in [6.07, 6.45) is 5.92. The van der Waals surface area contributed by atoms with Gasteiger partial charge in [0.2, 0.25) is 5.95 Å². The third-order valence-corrected chi connectivity index (χ3v) is 5.65. The van der Waals surface area contributed by atoms with Crippen LogP contribution in [0.3, 0.4) is 0 Å². The average molecular weight is 395 g/mol. The molecule has 5 rings (SSSR count). The van der Waals surface area contributed by atoms with Crippen LogP contribution in [0.1, 0.15) is 40.7 Å². The lowest BCUT2D eigenvalue weighted by Crippen LogP contribution is -2.39. The van der Waals surface area contributed by atoms with Gasteiger partial charge in [0.25, 0.3) is 5.91 Å². The minimum absolute atomic E-state index is 0.125. The van der Waals surface area contributed by atoms with Crippen molar-refractivity contribution in [1.82, 2.24) is 15.3 Å². The normalized spacial score (nSPS) is 19.2. The number of halogens is 1. The van der Waals surface area contributed by atoms with Crippen molar-refractivity contribution in [3.05, 3.63) is 47.2 Å². The first-order valence-electron chi connectivity index (χ1n) is 9.91. The van der Waals surface area contributed by atoms with Gasteiger partial charge in [-0.25, -0.2) is 9.37 Å². The van der Waals surface area contributed by atoms with Crippen molar-refractivity contribution in [1.29, 1.82) is 0 Å². The quantitative estimate of drug-likeness (QED) is 0.738. The number of anilines is 2. The van der Waals surface area contributed by atoms with Crippen LogP contribution in [0.5, 0.6) is 5.75 Å². The molecule has 0 spiro atoms. The van der Waals surface area contributed by atoms with Crippen LogP contribution in [0, 0.1) is 0 Å². The van der Waals surface area contributed by atoms with Gasteiger partial charge in [0.1, 0.15) is 23.8 Å². The molecule has 7 nitrogen and oxygen atoms in total. The average Bonchev–Trinajstić information content (AvgIpc) is 2.91. The summed E-state index contributed by atoms with van der Waals surface area (Å²) < 4.78 is 20.0. The van der Waals surface area contributed by atoms with E-state index in [0.29, 0.717) is 55.6 Å². The highest BCUT2D eigenvalue weighted by Gasteiger charge is 2.36. The summed E-state index contributed by atoms with van der Waals surface area (Å²) in [7, 11) is 0. The van der Waals surface area contributed by atoms with E-state index in [1.54, 1.807) is 12.3 Å². The molecule has 3 aliphatic rings. The lowest BCUT2D eigenvalue weighted by Gasteiger charge is -2.33. The maximum atomic E-state index is 14.2. The second kappa shape index (κ2) is 7.02. The third kappa shape index (κ3) is 3.39. The Hall–Kier alpha value is -3.16. The number of alkyl halides is 1. The van der Waals surface area contributed by atoms with E-state index in [0.717, 1.165) is 23.1 Å². The molecule has 0 saturated heterocycles. The van der Waals surface area contributed by atoms with Gasteiger partial charge in [0, 0.05) is 18.3 Å². The molecule has 150 valence electrons. The van der Waals surface area contributed by atoms with Crippen LogP contribution in [0.4, 0.5) is 16.2 Å². The molecule has 0 bridgehead atoms. The molecule has 29 heavy (non-hydrogen) atoms. The summed E-state index contributed by atoms with van der Waals surface area (Å²) in [4.78, 5) is 21.0. The molecule has 0 unspecified atom stereocenters. The van der Waals surface area contributed by atoms with Gasteiger partial charge in [0.05, 0.1) is 18.7 Å². The number of rotatable bonds is 4. The second-order valence-electron chi connectivity index (χ2n) is 7.63. The monoisotopic (exact) mass is 395 g/mol. The van der Waals surface area contributed by atoms with E-state index in [2.05, 4.69) is 32.0 Å². The van der Waals surface area contributed by atoms with Gasteiger partial charge in [-0.1, -0.05) is 12.1 Å². The fraction of sp³-hybridized carbons (Fsp3) is 0.381. The number of benzene rings is 1. The summed E-state index contributed by atoms with van der Waals surface area (Å²) >= 11 is 0. The van der Waals surface area contributed by atoms with Crippen molar-refractivity contribution in [3.8, 4) is 5.75 Å². The number of carbonyl (C=O) groups is 1. The Morgan fingerprint density at radius 2 is 2.14 bits per heavy atom. The first-order valence-corrected chi connectivity index (χ1v) is 9.91. The first kappa shape index (κ1) is 17.9. The zero-order chi connectivity index (χ0) is 19.8. The van der Waals surface area contributed by atoms with E-state index in [1.807, 2.05) is 12.1 Å². The number of aromatic nitrogens is 2. The van der Waals surface area contributed by atoms with Gasteiger partial charge in [0.15, 0.2) is 0 Å². The van der Waals surface area contributed by atoms with Crippen molar-refractivity contribution in [3.63, 3.8) is 0 Å². The van der Waals surface area contributed by atoms with Crippen LogP contribution in [0.2, 0.25) is 0 Å². The minimum atomic E-state index is -1.13. The second-order valence-corrected chi connectivity index (χ2v) is 7.63. The number of hydrogen-bond acceptors (Lipinski definition) is 6. The highest BCUT2D eigenvalue weighted by atomic mass is 19.1.